The SMILES string of the molecule is CC1(C)O[C@H]2[C@H]([C@@H](CO[Si](C)(C)C(C)(C)C)N=[N+]=[N-])OC(=O)[C@@]2(CO[Si](C)(C)C(C)(C)C)O1. The lowest BCUT2D eigenvalue weighted by molar-refractivity contribution is -0.203. The second kappa shape index (κ2) is 8.93. The third-order valence-electron chi connectivity index (χ3n) is 7.64. The zero-order valence-corrected chi connectivity index (χ0v) is 24.4. The van der Waals surface area contributed by atoms with Crippen LogP contribution in [0.25, 0.3) is 10.4 Å². The standard InChI is InChI=1S/C22H43N3O6Si2/c1-19(2,3)32(9,10)27-13-15(24-25-23)16-17-22(18(26)29-16,31-21(7,8)30-17)14-28-33(11,12)20(4,5)6/h15-17H,13-14H2,1-12H3/t15-,16+,17+,22+/m1/s1. The molecule has 11 heteroatoms. The fourth-order valence-electron chi connectivity index (χ4n) is 3.42. The van der Waals surface area contributed by atoms with Crippen LogP contribution in [0.2, 0.25) is 36.3 Å². The minimum absolute atomic E-state index is 0.0179. The summed E-state index contributed by atoms with van der Waals surface area (Å²) in [4.78, 5) is 16.3. The lowest BCUT2D eigenvalue weighted by Gasteiger charge is -2.38. The van der Waals surface area contributed by atoms with Gasteiger partial charge in [-0.05, 0) is 55.6 Å². The van der Waals surface area contributed by atoms with Crippen molar-refractivity contribution in [2.45, 2.75) is 121 Å². The lowest BCUT2D eigenvalue weighted by atomic mass is 9.94. The smallest absolute Gasteiger partial charge is 0.344 e. The molecule has 0 bridgehead atoms. The number of rotatable bonds is 8. The zero-order valence-electron chi connectivity index (χ0n) is 22.4. The van der Waals surface area contributed by atoms with Crippen molar-refractivity contribution in [1.82, 2.24) is 0 Å². The van der Waals surface area contributed by atoms with E-state index in [1.54, 1.807) is 13.8 Å². The minimum atomic E-state index is -2.18. The number of hydrogen-bond donors (Lipinski definition) is 0. The van der Waals surface area contributed by atoms with Crippen molar-refractivity contribution < 1.29 is 27.9 Å². The molecule has 2 rings (SSSR count). The maximum absolute atomic E-state index is 13.3. The molecule has 0 amide bonds. The number of carbonyl (C=O) groups excluding carboxylic acids is 1. The van der Waals surface area contributed by atoms with Gasteiger partial charge in [-0.2, -0.15) is 0 Å². The number of hydrogen-bond acceptors (Lipinski definition) is 7. The van der Waals surface area contributed by atoms with E-state index in [9.17, 15) is 10.3 Å². The molecule has 2 heterocycles. The Balaban J connectivity index is 2.34. The number of ether oxygens (including phenoxy) is 3. The molecule has 0 spiro atoms. The normalized spacial score (nSPS) is 28.8. The summed E-state index contributed by atoms with van der Waals surface area (Å²) in [7, 11) is -4.30. The summed E-state index contributed by atoms with van der Waals surface area (Å²) in [5.41, 5.74) is 7.83. The first kappa shape index (κ1) is 28.3. The van der Waals surface area contributed by atoms with E-state index >= 15 is 0 Å². The van der Waals surface area contributed by atoms with Gasteiger partial charge < -0.3 is 23.1 Å². The van der Waals surface area contributed by atoms with E-state index in [0.717, 1.165) is 0 Å². The molecule has 9 nitrogen and oxygen atoms in total. The van der Waals surface area contributed by atoms with Crippen LogP contribution in [0.1, 0.15) is 55.4 Å². The Morgan fingerprint density at radius 2 is 1.58 bits per heavy atom. The Labute approximate surface area is 200 Å². The van der Waals surface area contributed by atoms with Crippen LogP contribution >= 0.6 is 0 Å². The molecule has 0 aromatic heterocycles. The fraction of sp³-hybridized carbons (Fsp3) is 0.955. The first-order valence-corrected chi connectivity index (χ1v) is 17.4. The molecule has 4 atom stereocenters. The van der Waals surface area contributed by atoms with Crippen LogP contribution in [-0.4, -0.2) is 65.5 Å². The second-order valence-electron chi connectivity index (χ2n) is 12.7. The largest absolute Gasteiger partial charge is 0.457 e. The van der Waals surface area contributed by atoms with E-state index in [2.05, 4.69) is 77.8 Å². The van der Waals surface area contributed by atoms with Crippen molar-refractivity contribution in [1.29, 1.82) is 0 Å². The van der Waals surface area contributed by atoms with Gasteiger partial charge in [0.25, 0.3) is 0 Å². The molecule has 0 N–H and O–H groups in total. The van der Waals surface area contributed by atoms with Gasteiger partial charge in [0, 0.05) is 11.5 Å². The Kier molecular flexibility index (Phi) is 7.65. The zero-order chi connectivity index (χ0) is 25.7. The third kappa shape index (κ3) is 5.66. The summed E-state index contributed by atoms with van der Waals surface area (Å²) in [5.74, 6) is -1.56. The summed E-state index contributed by atoms with van der Waals surface area (Å²) >= 11 is 0. The van der Waals surface area contributed by atoms with Gasteiger partial charge in [0.2, 0.25) is 5.60 Å². The molecule has 0 radical (unpaired) electrons. The van der Waals surface area contributed by atoms with Crippen molar-refractivity contribution in [3.05, 3.63) is 10.4 Å². The van der Waals surface area contributed by atoms with E-state index < -0.39 is 52.2 Å². The highest BCUT2D eigenvalue weighted by atomic mass is 28.4. The Hall–Kier alpha value is -0.946. The van der Waals surface area contributed by atoms with Crippen LogP contribution < -0.4 is 0 Å². The molecule has 190 valence electrons. The number of cyclic esters (lactones) is 1. The van der Waals surface area contributed by atoms with Gasteiger partial charge in [0.15, 0.2) is 22.4 Å². The number of nitrogens with zero attached hydrogens (tertiary/aromatic N) is 3. The van der Waals surface area contributed by atoms with Crippen molar-refractivity contribution in [2.24, 2.45) is 5.11 Å². The highest BCUT2D eigenvalue weighted by Crippen LogP contribution is 2.47. The van der Waals surface area contributed by atoms with Crippen molar-refractivity contribution in [3.63, 3.8) is 0 Å². The second-order valence-corrected chi connectivity index (χ2v) is 22.3. The van der Waals surface area contributed by atoms with Gasteiger partial charge in [0.1, 0.15) is 12.2 Å². The molecule has 2 aliphatic rings. The topological polar surface area (TPSA) is 112 Å². The molecule has 0 saturated carbocycles. The summed E-state index contributed by atoms with van der Waals surface area (Å²) in [6.45, 7) is 25.0. The molecular formula is C22H43N3O6Si2. The van der Waals surface area contributed by atoms with Crippen LogP contribution in [0.3, 0.4) is 0 Å². The predicted molar refractivity (Wildman–Crippen MR) is 132 cm³/mol. The molecule has 2 fully saturated rings. The van der Waals surface area contributed by atoms with Gasteiger partial charge in [-0.3, -0.25) is 0 Å². The predicted octanol–water partition coefficient (Wildman–Crippen LogP) is 5.52. The molecule has 0 aromatic rings. The molecule has 0 aliphatic carbocycles. The summed E-state index contributed by atoms with van der Waals surface area (Å²) in [6.07, 6.45) is -1.61. The maximum atomic E-state index is 13.3. The van der Waals surface area contributed by atoms with E-state index in [1.165, 1.54) is 0 Å². The maximum Gasteiger partial charge on any atom is 0.344 e. The molecule has 0 unspecified atom stereocenters. The Bertz CT molecular complexity index is 799. The highest BCUT2D eigenvalue weighted by molar-refractivity contribution is 6.74. The number of carbonyl (C=O) groups is 1. The van der Waals surface area contributed by atoms with Crippen LogP contribution in [0.15, 0.2) is 5.11 Å². The van der Waals surface area contributed by atoms with Gasteiger partial charge in [-0.1, -0.05) is 46.7 Å². The summed E-state index contributed by atoms with van der Waals surface area (Å²) in [6, 6.07) is -0.745. The van der Waals surface area contributed by atoms with Gasteiger partial charge in [-0.25, -0.2) is 4.79 Å². The lowest BCUT2D eigenvalue weighted by Crippen LogP contribution is -2.54. The molecule has 33 heavy (non-hydrogen) atoms. The van der Waals surface area contributed by atoms with Crippen molar-refractivity contribution in [2.75, 3.05) is 13.2 Å². The molecule has 2 saturated heterocycles. The molecule has 2 aliphatic heterocycles. The van der Waals surface area contributed by atoms with E-state index in [1.807, 2.05) is 0 Å². The van der Waals surface area contributed by atoms with Crippen molar-refractivity contribution in [3.8, 4) is 0 Å². The first-order chi connectivity index (χ1) is 14.7. The quantitative estimate of drug-likeness (QED) is 0.142. The molecular weight excluding hydrogens is 458 g/mol. The van der Waals surface area contributed by atoms with Crippen molar-refractivity contribution >= 4 is 22.6 Å². The number of azide groups is 1. The molecule has 0 aromatic carbocycles. The van der Waals surface area contributed by atoms with Gasteiger partial charge in [0.05, 0.1) is 12.6 Å². The summed E-state index contributed by atoms with van der Waals surface area (Å²) < 4.78 is 30.8. The highest BCUT2D eigenvalue weighted by Gasteiger charge is 2.69. The Morgan fingerprint density at radius 1 is 1.06 bits per heavy atom. The number of fused-ring (bicyclic) bond motifs is 1. The average molecular weight is 502 g/mol. The minimum Gasteiger partial charge on any atom is -0.457 e. The Morgan fingerprint density at radius 3 is 2.06 bits per heavy atom. The fourth-order valence-corrected chi connectivity index (χ4v) is 5.45. The van der Waals surface area contributed by atoms with Gasteiger partial charge >= 0.3 is 5.97 Å². The van der Waals surface area contributed by atoms with E-state index in [4.69, 9.17) is 23.1 Å². The average Bonchev–Trinajstić information content (AvgIpc) is 3.04. The third-order valence-corrected chi connectivity index (χ3v) is 16.6. The monoisotopic (exact) mass is 501 g/mol. The van der Waals surface area contributed by atoms with E-state index in [0.29, 0.717) is 0 Å². The van der Waals surface area contributed by atoms with E-state index in [-0.39, 0.29) is 23.3 Å². The van der Waals surface area contributed by atoms with Crippen LogP contribution in [0, 0.1) is 0 Å². The first-order valence-electron chi connectivity index (χ1n) is 11.6. The van der Waals surface area contributed by atoms with Crippen LogP contribution in [-0.2, 0) is 27.9 Å². The number of esters is 1. The van der Waals surface area contributed by atoms with Gasteiger partial charge in [-0.15, -0.1) is 0 Å². The summed E-state index contributed by atoms with van der Waals surface area (Å²) in [5, 5.41) is 3.89. The van der Waals surface area contributed by atoms with Crippen LogP contribution in [0.4, 0.5) is 0 Å². The van der Waals surface area contributed by atoms with Crippen LogP contribution in [0.5, 0.6) is 0 Å².